The van der Waals surface area contributed by atoms with Crippen molar-refractivity contribution in [3.63, 3.8) is 0 Å². The molecule has 1 saturated carbocycles. The van der Waals surface area contributed by atoms with Gasteiger partial charge in [0.1, 0.15) is 5.82 Å². The molecule has 5 heteroatoms. The van der Waals surface area contributed by atoms with Crippen LogP contribution in [0.15, 0.2) is 18.2 Å². The van der Waals surface area contributed by atoms with E-state index < -0.39 is 0 Å². The highest BCUT2D eigenvalue weighted by Gasteiger charge is 2.32. The first-order valence-corrected chi connectivity index (χ1v) is 7.61. The number of rotatable bonds is 5. The van der Waals surface area contributed by atoms with Crippen LogP contribution in [0.3, 0.4) is 0 Å². The second kappa shape index (κ2) is 6.39. The van der Waals surface area contributed by atoms with Crippen molar-refractivity contribution in [1.29, 1.82) is 0 Å². The number of benzene rings is 1. The molecule has 1 aromatic carbocycles. The highest BCUT2D eigenvalue weighted by molar-refractivity contribution is 6.31. The van der Waals surface area contributed by atoms with E-state index in [2.05, 4.69) is 10.2 Å². The van der Waals surface area contributed by atoms with Gasteiger partial charge >= 0.3 is 0 Å². The largest absolute Gasteiger partial charge is 0.374 e. The minimum Gasteiger partial charge on any atom is -0.374 e. The summed E-state index contributed by atoms with van der Waals surface area (Å²) in [6.07, 6.45) is 2.84. The third kappa shape index (κ3) is 3.50. The summed E-state index contributed by atoms with van der Waals surface area (Å²) >= 11 is 6.00. The maximum atomic E-state index is 13.6. The average molecular weight is 299 g/mol. The van der Waals surface area contributed by atoms with Gasteiger partial charge in [-0.1, -0.05) is 17.7 Å². The molecule has 1 N–H and O–H groups in total. The van der Waals surface area contributed by atoms with Crippen LogP contribution in [0.4, 0.5) is 4.39 Å². The Labute approximate surface area is 124 Å². The number of nitrogens with one attached hydrogen (secondary N) is 1. The Kier molecular flexibility index (Phi) is 4.56. The summed E-state index contributed by atoms with van der Waals surface area (Å²) in [5.74, 6) is -0.255. The summed E-state index contributed by atoms with van der Waals surface area (Å²) in [6, 6.07) is 5.56. The first kappa shape index (κ1) is 14.3. The van der Waals surface area contributed by atoms with E-state index in [0.29, 0.717) is 17.1 Å². The molecule has 110 valence electrons. The van der Waals surface area contributed by atoms with Gasteiger partial charge in [0.05, 0.1) is 12.7 Å². The molecule has 0 unspecified atom stereocenters. The fraction of sp³-hybridized carbons (Fsp3) is 0.600. The van der Waals surface area contributed by atoms with Crippen molar-refractivity contribution >= 4 is 11.6 Å². The molecule has 0 amide bonds. The Morgan fingerprint density at radius 3 is 3.00 bits per heavy atom. The molecule has 2 fully saturated rings. The molecule has 2 aliphatic rings. The molecule has 0 radical (unpaired) electrons. The van der Waals surface area contributed by atoms with Crippen molar-refractivity contribution in [3.05, 3.63) is 34.6 Å². The monoisotopic (exact) mass is 298 g/mol. The van der Waals surface area contributed by atoms with E-state index in [-0.39, 0.29) is 11.9 Å². The molecule has 1 saturated heterocycles. The Bertz CT molecular complexity index is 447. The van der Waals surface area contributed by atoms with Crippen LogP contribution in [0.2, 0.25) is 5.02 Å². The van der Waals surface area contributed by atoms with Crippen LogP contribution < -0.4 is 5.32 Å². The number of morpholine rings is 1. The maximum Gasteiger partial charge on any atom is 0.129 e. The van der Waals surface area contributed by atoms with E-state index in [1.54, 1.807) is 12.1 Å². The summed E-state index contributed by atoms with van der Waals surface area (Å²) < 4.78 is 19.4. The number of halogens is 2. The molecule has 3 rings (SSSR count). The van der Waals surface area contributed by atoms with E-state index in [0.717, 1.165) is 32.3 Å². The number of hydrogen-bond donors (Lipinski definition) is 1. The number of hydrogen-bond acceptors (Lipinski definition) is 3. The predicted molar refractivity (Wildman–Crippen MR) is 77.5 cm³/mol. The summed E-state index contributed by atoms with van der Waals surface area (Å²) in [7, 11) is 0. The summed E-state index contributed by atoms with van der Waals surface area (Å²) in [4.78, 5) is 2.51. The molecule has 1 heterocycles. The fourth-order valence-corrected chi connectivity index (χ4v) is 2.93. The molecule has 0 aromatic heterocycles. The van der Waals surface area contributed by atoms with Gasteiger partial charge in [-0.15, -0.1) is 0 Å². The molecular formula is C15H20ClFN2O. The Morgan fingerprint density at radius 2 is 2.25 bits per heavy atom. The van der Waals surface area contributed by atoms with E-state index in [4.69, 9.17) is 16.3 Å². The van der Waals surface area contributed by atoms with Crippen LogP contribution in [-0.2, 0) is 11.3 Å². The van der Waals surface area contributed by atoms with Gasteiger partial charge in [-0.2, -0.15) is 0 Å². The molecule has 0 spiro atoms. The zero-order chi connectivity index (χ0) is 13.9. The lowest BCUT2D eigenvalue weighted by atomic mass is 10.2. The van der Waals surface area contributed by atoms with Crippen molar-refractivity contribution in [3.8, 4) is 0 Å². The van der Waals surface area contributed by atoms with Crippen LogP contribution in [0.25, 0.3) is 0 Å². The quantitative estimate of drug-likeness (QED) is 0.903. The fourth-order valence-electron chi connectivity index (χ4n) is 2.70. The number of nitrogens with zero attached hydrogens (tertiary/aromatic N) is 1. The lowest BCUT2D eigenvalue weighted by molar-refractivity contribution is -0.0301. The van der Waals surface area contributed by atoms with Crippen molar-refractivity contribution in [1.82, 2.24) is 10.2 Å². The van der Waals surface area contributed by atoms with E-state index >= 15 is 0 Å². The normalized spacial score (nSPS) is 24.0. The van der Waals surface area contributed by atoms with Crippen LogP contribution in [0, 0.1) is 5.82 Å². The molecule has 1 aliphatic carbocycles. The molecule has 0 bridgehead atoms. The second-order valence-electron chi connectivity index (χ2n) is 5.55. The predicted octanol–water partition coefficient (Wildman–Crippen LogP) is 2.43. The van der Waals surface area contributed by atoms with Gasteiger partial charge in [-0.3, -0.25) is 4.90 Å². The first-order valence-electron chi connectivity index (χ1n) is 7.23. The molecule has 3 nitrogen and oxygen atoms in total. The van der Waals surface area contributed by atoms with Gasteiger partial charge in [0.25, 0.3) is 0 Å². The molecule has 20 heavy (non-hydrogen) atoms. The third-order valence-corrected chi connectivity index (χ3v) is 4.32. The van der Waals surface area contributed by atoms with Gasteiger partial charge in [-0.25, -0.2) is 4.39 Å². The average Bonchev–Trinajstić information content (AvgIpc) is 3.27. The molecule has 1 aromatic rings. The van der Waals surface area contributed by atoms with Crippen molar-refractivity contribution < 1.29 is 9.13 Å². The van der Waals surface area contributed by atoms with E-state index in [1.807, 2.05) is 0 Å². The van der Waals surface area contributed by atoms with Crippen LogP contribution in [0.1, 0.15) is 18.4 Å². The first-order chi connectivity index (χ1) is 9.74. The molecule has 1 aliphatic heterocycles. The van der Waals surface area contributed by atoms with Crippen molar-refractivity contribution in [2.75, 3.05) is 26.2 Å². The van der Waals surface area contributed by atoms with Crippen LogP contribution >= 0.6 is 11.6 Å². The van der Waals surface area contributed by atoms with Gasteiger partial charge < -0.3 is 10.1 Å². The Balaban J connectivity index is 1.47. The highest BCUT2D eigenvalue weighted by atomic mass is 35.5. The summed E-state index contributed by atoms with van der Waals surface area (Å²) in [5, 5.41) is 3.73. The van der Waals surface area contributed by atoms with E-state index in [9.17, 15) is 4.39 Å². The van der Waals surface area contributed by atoms with E-state index in [1.165, 1.54) is 18.9 Å². The minimum atomic E-state index is -0.255. The maximum absolute atomic E-state index is 13.6. The van der Waals surface area contributed by atoms with Gasteiger partial charge in [-0.05, 0) is 25.0 Å². The number of ether oxygens (including phenoxy) is 1. The lowest BCUT2D eigenvalue weighted by Gasteiger charge is -2.33. The van der Waals surface area contributed by atoms with Crippen molar-refractivity contribution in [2.45, 2.75) is 31.5 Å². The standard InChI is InChI=1S/C15H20ClFN2O/c16-14-2-1-3-15(17)13(14)9-18-8-12-10-19(6-7-20-12)11-4-5-11/h1-3,11-12,18H,4-10H2/t12-/m1/s1. The third-order valence-electron chi connectivity index (χ3n) is 3.97. The summed E-state index contributed by atoms with van der Waals surface area (Å²) in [5.41, 5.74) is 0.532. The second-order valence-corrected chi connectivity index (χ2v) is 5.96. The minimum absolute atomic E-state index is 0.190. The van der Waals surface area contributed by atoms with Gasteiger partial charge in [0, 0.05) is 42.8 Å². The zero-order valence-corrected chi connectivity index (χ0v) is 12.2. The Morgan fingerprint density at radius 1 is 1.40 bits per heavy atom. The van der Waals surface area contributed by atoms with Gasteiger partial charge in [0.2, 0.25) is 0 Å². The van der Waals surface area contributed by atoms with Crippen LogP contribution in [0.5, 0.6) is 0 Å². The topological polar surface area (TPSA) is 24.5 Å². The zero-order valence-electron chi connectivity index (χ0n) is 11.4. The van der Waals surface area contributed by atoms with Crippen LogP contribution in [-0.4, -0.2) is 43.3 Å². The Hall–Kier alpha value is -0.680. The van der Waals surface area contributed by atoms with Gasteiger partial charge in [0.15, 0.2) is 0 Å². The lowest BCUT2D eigenvalue weighted by Crippen LogP contribution is -2.47. The smallest absolute Gasteiger partial charge is 0.129 e. The molecule has 1 atom stereocenters. The molecular weight excluding hydrogens is 279 g/mol. The van der Waals surface area contributed by atoms with Crippen molar-refractivity contribution in [2.24, 2.45) is 0 Å². The summed E-state index contributed by atoms with van der Waals surface area (Å²) in [6.45, 7) is 3.98. The SMILES string of the molecule is Fc1cccc(Cl)c1CNC[C@@H]1CN(C2CC2)CCO1. The highest BCUT2D eigenvalue weighted by Crippen LogP contribution is 2.28.